The molecule has 1 heterocycles. The van der Waals surface area contributed by atoms with E-state index >= 15 is 0 Å². The lowest BCUT2D eigenvalue weighted by Crippen LogP contribution is -2.22. The van der Waals surface area contributed by atoms with E-state index in [1.54, 1.807) is 23.5 Å². The van der Waals surface area contributed by atoms with Crippen molar-refractivity contribution in [1.82, 2.24) is 0 Å². The molecule has 1 rings (SSSR count). The fourth-order valence-corrected chi connectivity index (χ4v) is 2.92. The lowest BCUT2D eigenvalue weighted by atomic mass is 9.92. The largest absolute Gasteiger partial charge is 0.298 e. The Hall–Kier alpha value is 0.0400. The van der Waals surface area contributed by atoms with Crippen LogP contribution in [0.25, 0.3) is 0 Å². The van der Waals surface area contributed by atoms with Gasteiger partial charge in [0.2, 0.25) is 0 Å². The van der Waals surface area contributed by atoms with Crippen molar-refractivity contribution in [2.24, 2.45) is 10.4 Å². The van der Waals surface area contributed by atoms with Crippen molar-refractivity contribution in [1.29, 1.82) is 0 Å². The first-order valence-electron chi connectivity index (χ1n) is 4.33. The van der Waals surface area contributed by atoms with E-state index in [1.165, 1.54) is 0 Å². The molecule has 0 aromatic heterocycles. The Labute approximate surface area is 88.0 Å². The Morgan fingerprint density at radius 1 is 1.62 bits per heavy atom. The van der Waals surface area contributed by atoms with Gasteiger partial charge in [-0.15, -0.1) is 0 Å². The Morgan fingerprint density at radius 3 is 2.77 bits per heavy atom. The Kier molecular flexibility index (Phi) is 3.86. The van der Waals surface area contributed by atoms with E-state index in [0.29, 0.717) is 11.5 Å². The van der Waals surface area contributed by atoms with Crippen LogP contribution >= 0.6 is 23.5 Å². The molecule has 0 atom stereocenters. The van der Waals surface area contributed by atoms with Crippen molar-refractivity contribution in [3.05, 3.63) is 0 Å². The first-order valence-corrected chi connectivity index (χ1v) is 6.30. The summed E-state index contributed by atoms with van der Waals surface area (Å²) in [5.74, 6) is 1.94. The number of Topliss-reactive ketones (excluding diaryl/α,β-unsaturated/α-hetero) is 1. The predicted molar refractivity (Wildman–Crippen MR) is 61.7 cm³/mol. The minimum atomic E-state index is -0.211. The topological polar surface area (TPSA) is 29.4 Å². The van der Waals surface area contributed by atoms with Crippen molar-refractivity contribution < 1.29 is 4.79 Å². The van der Waals surface area contributed by atoms with E-state index in [-0.39, 0.29) is 5.41 Å². The third-order valence-electron chi connectivity index (χ3n) is 1.72. The van der Waals surface area contributed by atoms with Crippen molar-refractivity contribution in [3.63, 3.8) is 0 Å². The third kappa shape index (κ3) is 3.73. The van der Waals surface area contributed by atoms with E-state index in [4.69, 9.17) is 0 Å². The quantitative estimate of drug-likeness (QED) is 0.711. The molecule has 1 aliphatic rings. The summed E-state index contributed by atoms with van der Waals surface area (Å²) in [5.41, 5.74) is -0.211. The average Bonchev–Trinajstić information content (AvgIpc) is 2.50. The number of carbonyl (C=O) groups excluding carboxylic acids is 1. The maximum Gasteiger partial charge on any atom is 0.148 e. The van der Waals surface area contributed by atoms with Crippen LogP contribution in [0.4, 0.5) is 0 Å². The highest BCUT2D eigenvalue weighted by Gasteiger charge is 2.22. The minimum absolute atomic E-state index is 0.211. The average molecular weight is 217 g/mol. The Morgan fingerprint density at radius 2 is 2.31 bits per heavy atom. The number of aliphatic imine (C=N–C) groups is 1. The third-order valence-corrected chi connectivity index (χ3v) is 3.97. The zero-order valence-corrected chi connectivity index (χ0v) is 9.93. The fourth-order valence-electron chi connectivity index (χ4n) is 0.747. The van der Waals surface area contributed by atoms with Gasteiger partial charge in [0.25, 0.3) is 0 Å². The maximum absolute atomic E-state index is 11.5. The molecule has 0 bridgehead atoms. The molecule has 1 aliphatic heterocycles. The van der Waals surface area contributed by atoms with Gasteiger partial charge < -0.3 is 0 Å². The number of nitrogens with zero attached hydrogens (tertiary/aromatic N) is 1. The molecule has 0 saturated heterocycles. The van der Waals surface area contributed by atoms with Gasteiger partial charge in [-0.3, -0.25) is 9.79 Å². The molecular weight excluding hydrogens is 202 g/mol. The van der Waals surface area contributed by atoms with Gasteiger partial charge in [-0.05, 0) is 0 Å². The summed E-state index contributed by atoms with van der Waals surface area (Å²) < 4.78 is 1.08. The summed E-state index contributed by atoms with van der Waals surface area (Å²) in [6, 6.07) is 0. The van der Waals surface area contributed by atoms with Gasteiger partial charge in [0.1, 0.15) is 10.2 Å². The molecule has 0 spiro atoms. The lowest BCUT2D eigenvalue weighted by molar-refractivity contribution is -0.123. The molecule has 13 heavy (non-hydrogen) atoms. The van der Waals surface area contributed by atoms with Gasteiger partial charge in [-0.25, -0.2) is 0 Å². The molecule has 2 nitrogen and oxygen atoms in total. The lowest BCUT2D eigenvalue weighted by Gasteiger charge is -2.15. The van der Waals surface area contributed by atoms with Crippen LogP contribution in [0, 0.1) is 5.41 Å². The van der Waals surface area contributed by atoms with Crippen molar-refractivity contribution >= 4 is 33.7 Å². The van der Waals surface area contributed by atoms with Gasteiger partial charge >= 0.3 is 0 Å². The molecular formula is C9H15NOS2. The van der Waals surface area contributed by atoms with Crippen LogP contribution in [-0.2, 0) is 4.79 Å². The van der Waals surface area contributed by atoms with Crippen LogP contribution in [0.3, 0.4) is 0 Å². The molecule has 0 saturated carbocycles. The molecule has 0 unspecified atom stereocenters. The van der Waals surface area contributed by atoms with E-state index < -0.39 is 0 Å². The van der Waals surface area contributed by atoms with Crippen LogP contribution in [0.2, 0.25) is 0 Å². The first kappa shape index (κ1) is 11.1. The van der Waals surface area contributed by atoms with Crippen molar-refractivity contribution in [2.45, 2.75) is 20.8 Å². The highest BCUT2D eigenvalue weighted by Crippen LogP contribution is 2.25. The Bertz CT molecular complexity index is 230. The van der Waals surface area contributed by atoms with Gasteiger partial charge in [0.15, 0.2) is 0 Å². The molecule has 0 radical (unpaired) electrons. The summed E-state index contributed by atoms with van der Waals surface area (Å²) in [4.78, 5) is 15.8. The molecule has 0 aromatic carbocycles. The summed E-state index contributed by atoms with van der Waals surface area (Å²) in [6.07, 6.45) is 0. The standard InChI is InChI=1S/C9H15NOS2/c1-9(2,3)7(11)6-13-8-10-4-5-12-8/h4-6H2,1-3H3. The summed E-state index contributed by atoms with van der Waals surface area (Å²) in [7, 11) is 0. The smallest absolute Gasteiger partial charge is 0.148 e. The molecule has 0 aliphatic carbocycles. The fraction of sp³-hybridized carbons (Fsp3) is 0.778. The zero-order chi connectivity index (χ0) is 9.90. The van der Waals surface area contributed by atoms with Crippen LogP contribution in [0.5, 0.6) is 0 Å². The van der Waals surface area contributed by atoms with Gasteiger partial charge in [-0.2, -0.15) is 0 Å². The maximum atomic E-state index is 11.5. The molecule has 0 amide bonds. The number of carbonyl (C=O) groups is 1. The van der Waals surface area contributed by atoms with Crippen LogP contribution < -0.4 is 0 Å². The monoisotopic (exact) mass is 217 g/mol. The second-order valence-corrected chi connectivity index (χ2v) is 6.26. The molecule has 74 valence electrons. The molecule has 0 fully saturated rings. The highest BCUT2D eigenvalue weighted by atomic mass is 32.2. The number of rotatable bonds is 2. The van der Waals surface area contributed by atoms with Crippen molar-refractivity contribution in [3.8, 4) is 0 Å². The molecule has 0 aromatic rings. The zero-order valence-electron chi connectivity index (χ0n) is 8.29. The summed E-state index contributed by atoms with van der Waals surface area (Å²) in [6.45, 7) is 6.79. The number of hydrogen-bond donors (Lipinski definition) is 0. The summed E-state index contributed by atoms with van der Waals surface area (Å²) in [5, 5.41) is 0. The van der Waals surface area contributed by atoms with Crippen LogP contribution in [-0.4, -0.2) is 28.2 Å². The van der Waals surface area contributed by atoms with Crippen LogP contribution in [0.1, 0.15) is 20.8 Å². The number of thioether (sulfide) groups is 2. The van der Waals surface area contributed by atoms with E-state index in [2.05, 4.69) is 4.99 Å². The number of ketones is 1. The Balaban J connectivity index is 2.30. The van der Waals surface area contributed by atoms with E-state index in [9.17, 15) is 4.79 Å². The summed E-state index contributed by atoms with van der Waals surface area (Å²) >= 11 is 3.34. The van der Waals surface area contributed by atoms with Gasteiger partial charge in [-0.1, -0.05) is 44.3 Å². The second-order valence-electron chi connectivity index (χ2n) is 3.96. The second kappa shape index (κ2) is 4.51. The van der Waals surface area contributed by atoms with E-state index in [1.807, 2.05) is 20.8 Å². The first-order chi connectivity index (χ1) is 6.00. The highest BCUT2D eigenvalue weighted by molar-refractivity contribution is 8.39. The van der Waals surface area contributed by atoms with Crippen molar-refractivity contribution in [2.75, 3.05) is 18.1 Å². The van der Waals surface area contributed by atoms with Gasteiger partial charge in [0, 0.05) is 11.2 Å². The van der Waals surface area contributed by atoms with Crippen LogP contribution in [0.15, 0.2) is 4.99 Å². The van der Waals surface area contributed by atoms with E-state index in [0.717, 1.165) is 16.7 Å². The van der Waals surface area contributed by atoms with Gasteiger partial charge in [0.05, 0.1) is 12.3 Å². The minimum Gasteiger partial charge on any atom is -0.298 e. The predicted octanol–water partition coefficient (Wildman–Crippen LogP) is 2.44. The normalized spacial score (nSPS) is 17.3. The SMILES string of the molecule is CC(C)(C)C(=O)CSC1=NCCS1. The number of hydrogen-bond acceptors (Lipinski definition) is 4. The molecule has 4 heteroatoms. The molecule has 0 N–H and O–H groups in total.